The average Bonchev–Trinajstić information content (AvgIpc) is 3.03. The maximum Gasteiger partial charge on any atom is 0.242 e. The van der Waals surface area contributed by atoms with E-state index in [2.05, 4.69) is 10.3 Å². The molecular formula is C14H22N2O3S. The highest BCUT2D eigenvalue weighted by Crippen LogP contribution is 2.47. The number of thioether (sulfide) groups is 1. The van der Waals surface area contributed by atoms with E-state index < -0.39 is 4.75 Å². The topological polar surface area (TPSA) is 81.9 Å². The summed E-state index contributed by atoms with van der Waals surface area (Å²) in [6, 6.07) is 0.137. The van der Waals surface area contributed by atoms with E-state index in [-0.39, 0.29) is 36.5 Å². The fourth-order valence-electron chi connectivity index (χ4n) is 3.63. The number of aliphatic hydroxyl groups is 2. The zero-order chi connectivity index (χ0) is 14.5. The van der Waals surface area contributed by atoms with E-state index in [9.17, 15) is 15.0 Å². The largest absolute Gasteiger partial charge is 0.396 e. The van der Waals surface area contributed by atoms with Gasteiger partial charge < -0.3 is 15.5 Å². The standard InChI is InChI=1S/C14H22N2O3S/c1-7(6-17)14(2)12(19)16-13(20-14)15-10-4-8-3-9(10)11(18)5-8/h7-11,17-18H,3-6H2,1-2H3,(H,15,16,19)/t7-,8+,9-,10-,11+,14-/m0/s1. The Balaban J connectivity index is 1.74. The monoisotopic (exact) mass is 298 g/mol. The molecule has 1 aliphatic heterocycles. The van der Waals surface area contributed by atoms with Gasteiger partial charge in [-0.2, -0.15) is 0 Å². The maximum absolute atomic E-state index is 12.1. The molecule has 0 aromatic rings. The minimum absolute atomic E-state index is 0.0168. The first-order valence-electron chi connectivity index (χ1n) is 7.31. The number of aliphatic imine (C=N–C) groups is 1. The van der Waals surface area contributed by atoms with Crippen LogP contribution in [0.3, 0.4) is 0 Å². The fraction of sp³-hybridized carbons (Fsp3) is 0.857. The molecule has 3 fully saturated rings. The Kier molecular flexibility index (Phi) is 3.59. The summed E-state index contributed by atoms with van der Waals surface area (Å²) in [5.41, 5.74) is 0. The highest BCUT2D eigenvalue weighted by atomic mass is 32.2. The zero-order valence-electron chi connectivity index (χ0n) is 11.9. The molecule has 0 radical (unpaired) electrons. The number of nitrogens with zero attached hydrogens (tertiary/aromatic N) is 1. The summed E-state index contributed by atoms with van der Waals surface area (Å²) in [6.45, 7) is 3.71. The van der Waals surface area contributed by atoms with Gasteiger partial charge in [-0.3, -0.25) is 9.79 Å². The zero-order valence-corrected chi connectivity index (χ0v) is 12.7. The molecule has 20 heavy (non-hydrogen) atoms. The van der Waals surface area contributed by atoms with Crippen molar-refractivity contribution in [1.82, 2.24) is 5.32 Å². The van der Waals surface area contributed by atoms with Crippen LogP contribution >= 0.6 is 11.8 Å². The van der Waals surface area contributed by atoms with Gasteiger partial charge in [-0.25, -0.2) is 0 Å². The second-order valence-electron chi connectivity index (χ2n) is 6.55. The molecule has 0 aromatic carbocycles. The number of hydrogen-bond donors (Lipinski definition) is 3. The van der Waals surface area contributed by atoms with Crippen molar-refractivity contribution in [3.05, 3.63) is 0 Å². The molecule has 2 saturated carbocycles. The van der Waals surface area contributed by atoms with Crippen LogP contribution in [0.2, 0.25) is 0 Å². The Bertz CT molecular complexity index is 456. The smallest absolute Gasteiger partial charge is 0.242 e. The summed E-state index contributed by atoms with van der Waals surface area (Å²) in [6.07, 6.45) is 2.76. The molecule has 3 aliphatic rings. The van der Waals surface area contributed by atoms with E-state index in [0.29, 0.717) is 11.1 Å². The molecular weight excluding hydrogens is 276 g/mol. The molecule has 3 N–H and O–H groups in total. The van der Waals surface area contributed by atoms with Crippen molar-refractivity contribution in [3.63, 3.8) is 0 Å². The summed E-state index contributed by atoms with van der Waals surface area (Å²) in [7, 11) is 0. The summed E-state index contributed by atoms with van der Waals surface area (Å²) >= 11 is 1.42. The molecule has 0 unspecified atom stereocenters. The van der Waals surface area contributed by atoms with Crippen LogP contribution in [0, 0.1) is 17.8 Å². The van der Waals surface area contributed by atoms with Crippen LogP contribution < -0.4 is 5.32 Å². The first-order valence-corrected chi connectivity index (χ1v) is 8.13. The van der Waals surface area contributed by atoms with Gasteiger partial charge >= 0.3 is 0 Å². The summed E-state index contributed by atoms with van der Waals surface area (Å²) in [4.78, 5) is 16.8. The third-order valence-corrected chi connectivity index (χ3v) is 6.63. The first-order chi connectivity index (χ1) is 9.44. The van der Waals surface area contributed by atoms with Crippen LogP contribution in [0.5, 0.6) is 0 Å². The number of rotatable bonds is 3. The molecule has 0 aromatic heterocycles. The lowest BCUT2D eigenvalue weighted by Crippen LogP contribution is -2.40. The number of carbonyl (C=O) groups is 1. The lowest BCUT2D eigenvalue weighted by atomic mass is 9.93. The molecule has 1 amide bonds. The number of fused-ring (bicyclic) bond motifs is 2. The Hall–Kier alpha value is -0.590. The van der Waals surface area contributed by atoms with Gasteiger partial charge in [0, 0.05) is 18.4 Å². The molecule has 1 heterocycles. The number of amides is 1. The van der Waals surface area contributed by atoms with E-state index in [1.807, 2.05) is 13.8 Å². The molecule has 5 nitrogen and oxygen atoms in total. The summed E-state index contributed by atoms with van der Waals surface area (Å²) < 4.78 is -0.649. The van der Waals surface area contributed by atoms with Crippen molar-refractivity contribution in [2.45, 2.75) is 50.0 Å². The number of hydrogen-bond acceptors (Lipinski definition) is 5. The van der Waals surface area contributed by atoms with E-state index in [4.69, 9.17) is 0 Å². The predicted octanol–water partition coefficient (Wildman–Crippen LogP) is 0.752. The van der Waals surface area contributed by atoms with Gasteiger partial charge in [0.15, 0.2) is 5.17 Å². The van der Waals surface area contributed by atoms with Crippen molar-refractivity contribution < 1.29 is 15.0 Å². The van der Waals surface area contributed by atoms with Crippen LogP contribution in [0.25, 0.3) is 0 Å². The Morgan fingerprint density at radius 3 is 2.85 bits per heavy atom. The number of nitrogens with one attached hydrogen (secondary N) is 1. The van der Waals surface area contributed by atoms with Crippen LogP contribution in [0.15, 0.2) is 4.99 Å². The maximum atomic E-state index is 12.1. The van der Waals surface area contributed by atoms with Gasteiger partial charge in [-0.15, -0.1) is 0 Å². The van der Waals surface area contributed by atoms with Crippen molar-refractivity contribution in [2.75, 3.05) is 6.61 Å². The van der Waals surface area contributed by atoms with Gasteiger partial charge in [0.1, 0.15) is 4.75 Å². The number of carbonyl (C=O) groups excluding carboxylic acids is 1. The second-order valence-corrected chi connectivity index (χ2v) is 7.99. The van der Waals surface area contributed by atoms with Gasteiger partial charge in [0.2, 0.25) is 5.91 Å². The molecule has 6 heteroatoms. The summed E-state index contributed by atoms with van der Waals surface area (Å²) in [5, 5.41) is 22.7. The molecule has 0 spiro atoms. The van der Waals surface area contributed by atoms with E-state index in [0.717, 1.165) is 19.3 Å². The van der Waals surface area contributed by atoms with Crippen LogP contribution in [0.4, 0.5) is 0 Å². The number of amidine groups is 1. The predicted molar refractivity (Wildman–Crippen MR) is 78.4 cm³/mol. The minimum atomic E-state index is -0.649. The molecule has 6 atom stereocenters. The molecule has 2 aliphatic carbocycles. The van der Waals surface area contributed by atoms with Crippen LogP contribution in [-0.2, 0) is 4.79 Å². The molecule has 1 saturated heterocycles. The Morgan fingerprint density at radius 2 is 2.25 bits per heavy atom. The SMILES string of the molecule is C[C@@H](CO)[C@]1(C)SC(=N[C@H]2C[C@H]3C[C@@H]2[C@H](O)C3)NC1=O. The minimum Gasteiger partial charge on any atom is -0.396 e. The Labute approximate surface area is 123 Å². The lowest BCUT2D eigenvalue weighted by Gasteiger charge is -2.25. The third kappa shape index (κ3) is 2.18. The number of aliphatic hydroxyl groups excluding tert-OH is 2. The van der Waals surface area contributed by atoms with Crippen molar-refractivity contribution in [3.8, 4) is 0 Å². The molecule has 112 valence electrons. The van der Waals surface area contributed by atoms with Gasteiger partial charge in [-0.05, 0) is 32.1 Å². The highest BCUT2D eigenvalue weighted by molar-refractivity contribution is 8.16. The highest BCUT2D eigenvalue weighted by Gasteiger charge is 2.49. The molecule has 2 bridgehead atoms. The van der Waals surface area contributed by atoms with Gasteiger partial charge in [0.25, 0.3) is 0 Å². The van der Waals surface area contributed by atoms with Crippen LogP contribution in [-0.4, -0.2) is 44.8 Å². The van der Waals surface area contributed by atoms with Gasteiger partial charge in [-0.1, -0.05) is 18.7 Å². The Morgan fingerprint density at radius 1 is 1.50 bits per heavy atom. The normalized spacial score (nSPS) is 47.0. The lowest BCUT2D eigenvalue weighted by molar-refractivity contribution is -0.122. The second kappa shape index (κ2) is 5.00. The molecule has 3 rings (SSSR count). The third-order valence-electron chi connectivity index (χ3n) is 5.22. The van der Waals surface area contributed by atoms with Crippen molar-refractivity contribution in [2.24, 2.45) is 22.7 Å². The quantitative estimate of drug-likeness (QED) is 0.718. The van der Waals surface area contributed by atoms with E-state index >= 15 is 0 Å². The van der Waals surface area contributed by atoms with Gasteiger partial charge in [0.05, 0.1) is 12.1 Å². The van der Waals surface area contributed by atoms with E-state index in [1.165, 1.54) is 11.8 Å². The van der Waals surface area contributed by atoms with E-state index in [1.54, 1.807) is 0 Å². The summed E-state index contributed by atoms with van der Waals surface area (Å²) in [5.74, 6) is 0.652. The first kappa shape index (κ1) is 14.4. The fourth-order valence-corrected chi connectivity index (χ4v) is 4.78. The van der Waals surface area contributed by atoms with Crippen LogP contribution in [0.1, 0.15) is 33.1 Å². The average molecular weight is 298 g/mol. The van der Waals surface area contributed by atoms with Crippen molar-refractivity contribution >= 4 is 22.8 Å². The van der Waals surface area contributed by atoms with Crippen molar-refractivity contribution in [1.29, 1.82) is 0 Å².